The van der Waals surface area contributed by atoms with Gasteiger partial charge in [0.05, 0.1) is 6.61 Å². The molecule has 0 amide bonds. The Hall–Kier alpha value is -0.120. The Morgan fingerprint density at radius 1 is 1.31 bits per heavy atom. The van der Waals surface area contributed by atoms with Gasteiger partial charge in [0.1, 0.15) is 0 Å². The van der Waals surface area contributed by atoms with Gasteiger partial charge in [-0.2, -0.15) is 0 Å². The lowest BCUT2D eigenvalue weighted by Gasteiger charge is -2.27. The van der Waals surface area contributed by atoms with Crippen LogP contribution in [-0.2, 0) is 4.74 Å². The molecule has 0 aromatic rings. The molecule has 0 saturated carbocycles. The molecule has 1 fully saturated rings. The zero-order valence-corrected chi connectivity index (χ0v) is 11.1. The third-order valence-corrected chi connectivity index (χ3v) is 3.43. The topological polar surface area (TPSA) is 33.3 Å². The molecule has 0 bridgehead atoms. The maximum atomic E-state index is 5.52. The van der Waals surface area contributed by atoms with Crippen molar-refractivity contribution in [1.82, 2.24) is 10.6 Å². The predicted octanol–water partition coefficient (Wildman–Crippen LogP) is 1.64. The second-order valence-corrected chi connectivity index (χ2v) is 5.11. The summed E-state index contributed by atoms with van der Waals surface area (Å²) >= 11 is 0. The van der Waals surface area contributed by atoms with E-state index in [1.54, 1.807) is 0 Å². The van der Waals surface area contributed by atoms with Crippen LogP contribution >= 0.6 is 0 Å². The van der Waals surface area contributed by atoms with E-state index >= 15 is 0 Å². The minimum atomic E-state index is 0.509. The van der Waals surface area contributed by atoms with E-state index in [2.05, 4.69) is 31.4 Å². The van der Waals surface area contributed by atoms with E-state index in [1.807, 2.05) is 0 Å². The fourth-order valence-electron chi connectivity index (χ4n) is 2.14. The Bertz CT molecular complexity index is 167. The van der Waals surface area contributed by atoms with Crippen LogP contribution in [0, 0.1) is 11.8 Å². The van der Waals surface area contributed by atoms with E-state index in [4.69, 9.17) is 4.74 Å². The smallest absolute Gasteiger partial charge is 0.0621 e. The zero-order chi connectivity index (χ0) is 11.8. The minimum Gasteiger partial charge on any atom is -0.380 e. The summed E-state index contributed by atoms with van der Waals surface area (Å²) in [6.45, 7) is 11.8. The van der Waals surface area contributed by atoms with E-state index in [0.29, 0.717) is 12.0 Å². The van der Waals surface area contributed by atoms with Crippen LogP contribution < -0.4 is 10.6 Å². The molecule has 0 spiro atoms. The molecule has 1 rings (SSSR count). The number of hydrogen-bond acceptors (Lipinski definition) is 3. The molecule has 0 radical (unpaired) electrons. The number of nitrogens with one attached hydrogen (secondary N) is 2. The van der Waals surface area contributed by atoms with Crippen molar-refractivity contribution in [2.45, 2.75) is 39.7 Å². The molecule has 0 aromatic heterocycles. The van der Waals surface area contributed by atoms with Crippen LogP contribution in [-0.4, -0.2) is 38.9 Å². The van der Waals surface area contributed by atoms with Crippen LogP contribution in [0.1, 0.15) is 33.6 Å². The SMILES string of the molecule is CCOCC(NCC1CCNCC1)C(C)C. The summed E-state index contributed by atoms with van der Waals surface area (Å²) in [6.07, 6.45) is 2.62. The van der Waals surface area contributed by atoms with Crippen molar-refractivity contribution in [3.05, 3.63) is 0 Å². The summed E-state index contributed by atoms with van der Waals surface area (Å²) in [5.74, 6) is 1.50. The largest absolute Gasteiger partial charge is 0.380 e. The number of ether oxygens (including phenoxy) is 1. The lowest BCUT2D eigenvalue weighted by Crippen LogP contribution is -2.42. The van der Waals surface area contributed by atoms with Crippen molar-refractivity contribution in [3.8, 4) is 0 Å². The number of rotatable bonds is 7. The van der Waals surface area contributed by atoms with Gasteiger partial charge in [-0.15, -0.1) is 0 Å². The van der Waals surface area contributed by atoms with Crippen molar-refractivity contribution < 1.29 is 4.74 Å². The van der Waals surface area contributed by atoms with Crippen molar-refractivity contribution >= 4 is 0 Å². The summed E-state index contributed by atoms with van der Waals surface area (Å²) in [7, 11) is 0. The standard InChI is InChI=1S/C13H28N2O/c1-4-16-10-13(11(2)3)15-9-12-5-7-14-8-6-12/h11-15H,4-10H2,1-3H3. The van der Waals surface area contributed by atoms with Crippen molar-refractivity contribution in [3.63, 3.8) is 0 Å². The van der Waals surface area contributed by atoms with Gasteiger partial charge < -0.3 is 15.4 Å². The first kappa shape index (κ1) is 13.9. The molecule has 16 heavy (non-hydrogen) atoms. The van der Waals surface area contributed by atoms with Crippen LogP contribution in [0.2, 0.25) is 0 Å². The van der Waals surface area contributed by atoms with Crippen LogP contribution in [0.25, 0.3) is 0 Å². The van der Waals surface area contributed by atoms with Crippen LogP contribution in [0.3, 0.4) is 0 Å². The van der Waals surface area contributed by atoms with E-state index in [1.165, 1.54) is 25.9 Å². The maximum absolute atomic E-state index is 5.52. The summed E-state index contributed by atoms with van der Waals surface area (Å²) in [4.78, 5) is 0. The Balaban J connectivity index is 2.19. The summed E-state index contributed by atoms with van der Waals surface area (Å²) in [6, 6.07) is 0.509. The molecule has 96 valence electrons. The van der Waals surface area contributed by atoms with Crippen molar-refractivity contribution in [1.29, 1.82) is 0 Å². The second-order valence-electron chi connectivity index (χ2n) is 5.11. The molecular formula is C13H28N2O. The molecule has 3 nitrogen and oxygen atoms in total. The van der Waals surface area contributed by atoms with Gasteiger partial charge >= 0.3 is 0 Å². The van der Waals surface area contributed by atoms with Gasteiger partial charge in [-0.3, -0.25) is 0 Å². The third-order valence-electron chi connectivity index (χ3n) is 3.43. The van der Waals surface area contributed by atoms with E-state index < -0.39 is 0 Å². The van der Waals surface area contributed by atoms with Crippen LogP contribution in [0.15, 0.2) is 0 Å². The first-order chi connectivity index (χ1) is 7.74. The first-order valence-electron chi connectivity index (χ1n) is 6.75. The minimum absolute atomic E-state index is 0.509. The fraction of sp³-hybridized carbons (Fsp3) is 1.00. The Labute approximate surface area is 100 Å². The lowest BCUT2D eigenvalue weighted by molar-refractivity contribution is 0.105. The molecule has 1 unspecified atom stereocenters. The van der Waals surface area contributed by atoms with E-state index in [-0.39, 0.29) is 0 Å². The van der Waals surface area contributed by atoms with Gasteiger partial charge in [-0.25, -0.2) is 0 Å². The molecule has 2 N–H and O–H groups in total. The lowest BCUT2D eigenvalue weighted by atomic mass is 9.97. The highest BCUT2D eigenvalue weighted by Gasteiger charge is 2.17. The second kappa shape index (κ2) is 8.04. The van der Waals surface area contributed by atoms with Crippen LogP contribution in [0.4, 0.5) is 0 Å². The van der Waals surface area contributed by atoms with Crippen molar-refractivity contribution in [2.75, 3.05) is 32.8 Å². The Kier molecular flexibility index (Phi) is 7.01. The zero-order valence-electron chi connectivity index (χ0n) is 11.1. The molecular weight excluding hydrogens is 200 g/mol. The molecule has 1 atom stereocenters. The molecule has 1 saturated heterocycles. The molecule has 1 heterocycles. The predicted molar refractivity (Wildman–Crippen MR) is 68.7 cm³/mol. The summed E-state index contributed by atoms with van der Waals surface area (Å²) in [5.41, 5.74) is 0. The molecule has 1 aliphatic rings. The normalized spacial score (nSPS) is 20.2. The highest BCUT2D eigenvalue weighted by molar-refractivity contribution is 4.75. The van der Waals surface area contributed by atoms with E-state index in [9.17, 15) is 0 Å². The van der Waals surface area contributed by atoms with Gasteiger partial charge in [0.15, 0.2) is 0 Å². The van der Waals surface area contributed by atoms with Gasteiger partial charge in [0, 0.05) is 12.6 Å². The monoisotopic (exact) mass is 228 g/mol. The molecule has 3 heteroatoms. The highest BCUT2D eigenvalue weighted by Crippen LogP contribution is 2.11. The van der Waals surface area contributed by atoms with Gasteiger partial charge in [0.2, 0.25) is 0 Å². The summed E-state index contributed by atoms with van der Waals surface area (Å²) < 4.78 is 5.52. The molecule has 1 aliphatic heterocycles. The average molecular weight is 228 g/mol. The van der Waals surface area contributed by atoms with Gasteiger partial charge in [0.25, 0.3) is 0 Å². The molecule has 0 aromatic carbocycles. The quantitative estimate of drug-likeness (QED) is 0.695. The maximum Gasteiger partial charge on any atom is 0.0621 e. The Morgan fingerprint density at radius 3 is 2.56 bits per heavy atom. The Morgan fingerprint density at radius 2 is 2.00 bits per heavy atom. The summed E-state index contributed by atoms with van der Waals surface area (Å²) in [5, 5.41) is 7.08. The third kappa shape index (κ3) is 5.28. The first-order valence-corrected chi connectivity index (χ1v) is 6.75. The van der Waals surface area contributed by atoms with Gasteiger partial charge in [-0.1, -0.05) is 13.8 Å². The molecule has 0 aliphatic carbocycles. The van der Waals surface area contributed by atoms with E-state index in [0.717, 1.165) is 25.7 Å². The number of piperidine rings is 1. The average Bonchev–Trinajstić information content (AvgIpc) is 2.30. The van der Waals surface area contributed by atoms with Crippen LogP contribution in [0.5, 0.6) is 0 Å². The van der Waals surface area contributed by atoms with Crippen molar-refractivity contribution in [2.24, 2.45) is 11.8 Å². The highest BCUT2D eigenvalue weighted by atomic mass is 16.5. The van der Waals surface area contributed by atoms with Gasteiger partial charge in [-0.05, 0) is 51.2 Å². The number of hydrogen-bond donors (Lipinski definition) is 2. The fourth-order valence-corrected chi connectivity index (χ4v) is 2.14.